The Hall–Kier alpha value is -1.01. The first-order valence-corrected chi connectivity index (χ1v) is 10.3. The fourth-order valence-electron chi connectivity index (χ4n) is 3.89. The average Bonchev–Trinajstić information content (AvgIpc) is 3.48. The van der Waals surface area contributed by atoms with E-state index in [-0.39, 0.29) is 11.9 Å². The predicted molar refractivity (Wildman–Crippen MR) is 106 cm³/mol. The van der Waals surface area contributed by atoms with Crippen molar-refractivity contribution in [3.8, 4) is 0 Å². The van der Waals surface area contributed by atoms with Gasteiger partial charge in [0.2, 0.25) is 5.91 Å². The van der Waals surface area contributed by atoms with E-state index in [2.05, 4.69) is 15.1 Å². The Kier molecular flexibility index (Phi) is 5.60. The van der Waals surface area contributed by atoms with Gasteiger partial charge in [-0.2, -0.15) is 0 Å². The second-order valence-corrected chi connectivity index (χ2v) is 8.43. The summed E-state index contributed by atoms with van der Waals surface area (Å²) in [5.41, 5.74) is 1.07. The first-order valence-electron chi connectivity index (χ1n) is 9.54. The topological polar surface area (TPSA) is 38.8 Å². The van der Waals surface area contributed by atoms with Gasteiger partial charge >= 0.3 is 0 Å². The molecule has 1 amide bonds. The summed E-state index contributed by atoms with van der Waals surface area (Å²) in [7, 11) is 0. The predicted octanol–water partition coefficient (Wildman–Crippen LogP) is 2.33. The van der Waals surface area contributed by atoms with Crippen LogP contribution in [0.15, 0.2) is 18.2 Å². The van der Waals surface area contributed by atoms with Gasteiger partial charge in [0.05, 0.1) is 16.1 Å². The number of halogens is 2. The Labute approximate surface area is 165 Å². The number of benzene rings is 1. The number of nitrogens with zero attached hydrogens (tertiary/aromatic N) is 3. The van der Waals surface area contributed by atoms with Gasteiger partial charge in [-0.15, -0.1) is 0 Å². The van der Waals surface area contributed by atoms with Crippen molar-refractivity contribution in [2.24, 2.45) is 5.92 Å². The molecule has 0 spiro atoms. The molecule has 0 aromatic heterocycles. The van der Waals surface area contributed by atoms with E-state index >= 15 is 0 Å². The Balaban J connectivity index is 1.30. The van der Waals surface area contributed by atoms with Crippen molar-refractivity contribution in [2.75, 3.05) is 57.3 Å². The highest BCUT2D eigenvalue weighted by Crippen LogP contribution is 2.30. The maximum Gasteiger partial charge on any atom is 0.241 e. The summed E-state index contributed by atoms with van der Waals surface area (Å²) >= 11 is 12.1. The van der Waals surface area contributed by atoms with Crippen LogP contribution in [0.5, 0.6) is 0 Å². The summed E-state index contributed by atoms with van der Waals surface area (Å²) in [5.74, 6) is 1.12. The lowest BCUT2D eigenvalue weighted by atomic mass is 10.1. The number of carbonyl (C=O) groups excluding carboxylic acids is 1. The van der Waals surface area contributed by atoms with Crippen LogP contribution in [-0.4, -0.2) is 74.1 Å². The summed E-state index contributed by atoms with van der Waals surface area (Å²) in [6, 6.07) is 5.67. The third-order valence-electron chi connectivity index (χ3n) is 5.63. The van der Waals surface area contributed by atoms with Crippen LogP contribution in [0.1, 0.15) is 12.8 Å². The first kappa shape index (κ1) is 18.4. The average molecular weight is 397 g/mol. The molecule has 3 aliphatic rings. The zero-order chi connectivity index (χ0) is 18.1. The molecule has 7 heteroatoms. The van der Waals surface area contributed by atoms with Crippen LogP contribution < -0.4 is 10.2 Å². The highest BCUT2D eigenvalue weighted by molar-refractivity contribution is 6.42. The number of anilines is 1. The first-order chi connectivity index (χ1) is 12.6. The van der Waals surface area contributed by atoms with Gasteiger partial charge in [0, 0.05) is 58.0 Å². The van der Waals surface area contributed by atoms with E-state index < -0.39 is 0 Å². The second-order valence-electron chi connectivity index (χ2n) is 7.62. The van der Waals surface area contributed by atoms with Gasteiger partial charge in [0.1, 0.15) is 0 Å². The lowest BCUT2D eigenvalue weighted by molar-refractivity contribution is -0.135. The molecule has 3 fully saturated rings. The number of hydrogen-bond donors (Lipinski definition) is 1. The fourth-order valence-corrected chi connectivity index (χ4v) is 4.19. The van der Waals surface area contributed by atoms with E-state index in [4.69, 9.17) is 23.2 Å². The molecular formula is C19H26Cl2N4O. The van der Waals surface area contributed by atoms with Gasteiger partial charge in [0.25, 0.3) is 0 Å². The van der Waals surface area contributed by atoms with Crippen LogP contribution >= 0.6 is 23.2 Å². The van der Waals surface area contributed by atoms with E-state index in [9.17, 15) is 4.79 Å². The molecule has 0 bridgehead atoms. The summed E-state index contributed by atoms with van der Waals surface area (Å²) in [6.45, 7) is 7.13. The molecule has 1 aliphatic carbocycles. The number of rotatable bonds is 4. The van der Waals surface area contributed by atoms with Crippen molar-refractivity contribution in [2.45, 2.75) is 18.9 Å². The van der Waals surface area contributed by atoms with Crippen molar-refractivity contribution in [1.82, 2.24) is 15.1 Å². The minimum atomic E-state index is -0.0565. The number of carbonyl (C=O) groups is 1. The van der Waals surface area contributed by atoms with E-state index in [1.165, 1.54) is 12.8 Å². The molecule has 1 aromatic rings. The van der Waals surface area contributed by atoms with Crippen LogP contribution in [0.3, 0.4) is 0 Å². The maximum absolute atomic E-state index is 12.9. The monoisotopic (exact) mass is 396 g/mol. The smallest absolute Gasteiger partial charge is 0.241 e. The fraction of sp³-hybridized carbons (Fsp3) is 0.632. The molecule has 142 valence electrons. The third-order valence-corrected chi connectivity index (χ3v) is 6.37. The van der Waals surface area contributed by atoms with E-state index in [1.807, 2.05) is 23.1 Å². The molecule has 5 nitrogen and oxygen atoms in total. The lowest BCUT2D eigenvalue weighted by Gasteiger charge is -2.40. The van der Waals surface area contributed by atoms with Crippen molar-refractivity contribution in [3.63, 3.8) is 0 Å². The number of hydrogen-bond acceptors (Lipinski definition) is 4. The zero-order valence-electron chi connectivity index (χ0n) is 15.0. The number of nitrogens with one attached hydrogen (secondary N) is 1. The molecule has 2 heterocycles. The van der Waals surface area contributed by atoms with E-state index in [0.717, 1.165) is 64.0 Å². The van der Waals surface area contributed by atoms with Crippen LogP contribution in [0.2, 0.25) is 10.0 Å². The molecule has 26 heavy (non-hydrogen) atoms. The molecule has 1 aromatic carbocycles. The molecule has 2 aliphatic heterocycles. The van der Waals surface area contributed by atoms with Crippen LogP contribution in [0.25, 0.3) is 0 Å². The molecule has 1 N–H and O–H groups in total. The summed E-state index contributed by atoms with van der Waals surface area (Å²) in [4.78, 5) is 19.7. The minimum absolute atomic E-state index is 0.0565. The van der Waals surface area contributed by atoms with Crippen LogP contribution in [0, 0.1) is 5.92 Å². The minimum Gasteiger partial charge on any atom is -0.368 e. The van der Waals surface area contributed by atoms with E-state index in [0.29, 0.717) is 10.0 Å². The molecule has 1 unspecified atom stereocenters. The lowest BCUT2D eigenvalue weighted by Crippen LogP contribution is -2.60. The van der Waals surface area contributed by atoms with Crippen molar-refractivity contribution >= 4 is 34.8 Å². The van der Waals surface area contributed by atoms with Crippen LogP contribution in [0.4, 0.5) is 5.69 Å². The SMILES string of the molecule is O=C(C1CN(CC2CC2)CCN1)N1CCN(c2ccc(Cl)c(Cl)c2)CC1. The number of amides is 1. The molecule has 2 saturated heterocycles. The van der Waals surface area contributed by atoms with Gasteiger partial charge in [-0.05, 0) is 37.0 Å². The van der Waals surface area contributed by atoms with E-state index in [1.54, 1.807) is 0 Å². The Bertz CT molecular complexity index is 659. The van der Waals surface area contributed by atoms with Crippen molar-refractivity contribution < 1.29 is 4.79 Å². The highest BCUT2D eigenvalue weighted by atomic mass is 35.5. The summed E-state index contributed by atoms with van der Waals surface area (Å²) in [6.07, 6.45) is 2.72. The summed E-state index contributed by atoms with van der Waals surface area (Å²) in [5, 5.41) is 4.56. The van der Waals surface area contributed by atoms with Crippen molar-refractivity contribution in [1.29, 1.82) is 0 Å². The second kappa shape index (κ2) is 7.93. The highest BCUT2D eigenvalue weighted by Gasteiger charge is 2.33. The largest absolute Gasteiger partial charge is 0.368 e. The molecular weight excluding hydrogens is 371 g/mol. The Morgan fingerprint density at radius 1 is 1.08 bits per heavy atom. The van der Waals surface area contributed by atoms with Crippen LogP contribution in [-0.2, 0) is 4.79 Å². The third kappa shape index (κ3) is 4.28. The maximum atomic E-state index is 12.9. The van der Waals surface area contributed by atoms with Gasteiger partial charge < -0.3 is 15.1 Å². The molecule has 1 atom stereocenters. The van der Waals surface area contributed by atoms with Gasteiger partial charge in [-0.25, -0.2) is 0 Å². The molecule has 4 rings (SSSR count). The Morgan fingerprint density at radius 2 is 1.85 bits per heavy atom. The normalized spacial score (nSPS) is 24.8. The van der Waals surface area contributed by atoms with Gasteiger partial charge in [-0.1, -0.05) is 23.2 Å². The standard InChI is InChI=1S/C19H26Cl2N4O/c20-16-4-3-15(11-17(16)21)24-7-9-25(10-8-24)19(26)18-13-23(6-5-22-18)12-14-1-2-14/h3-4,11,14,18,22H,1-2,5-10,12-13H2. The quantitative estimate of drug-likeness (QED) is 0.847. The number of piperazine rings is 2. The van der Waals surface area contributed by atoms with Gasteiger partial charge in [-0.3, -0.25) is 9.69 Å². The zero-order valence-corrected chi connectivity index (χ0v) is 16.5. The Morgan fingerprint density at radius 3 is 2.54 bits per heavy atom. The summed E-state index contributed by atoms with van der Waals surface area (Å²) < 4.78 is 0. The van der Waals surface area contributed by atoms with Gasteiger partial charge in [0.15, 0.2) is 0 Å². The van der Waals surface area contributed by atoms with Crippen molar-refractivity contribution in [3.05, 3.63) is 28.2 Å². The molecule has 0 radical (unpaired) electrons. The molecule has 1 saturated carbocycles.